The molecule has 35 heavy (non-hydrogen) atoms. The van der Waals surface area contributed by atoms with Crippen molar-refractivity contribution < 1.29 is 24.5 Å². The molecule has 5 rings (SSSR count). The van der Waals surface area contributed by atoms with E-state index in [1.807, 2.05) is 42.5 Å². The molecule has 2 N–H and O–H groups in total. The summed E-state index contributed by atoms with van der Waals surface area (Å²) in [5.74, 6) is -1.00. The van der Waals surface area contributed by atoms with Crippen LogP contribution in [0, 0.1) is 0 Å². The normalized spacial score (nSPS) is 15.3. The van der Waals surface area contributed by atoms with E-state index in [1.165, 1.54) is 0 Å². The number of aromatic carboxylic acids is 2. The van der Waals surface area contributed by atoms with Crippen molar-refractivity contribution in [3.8, 4) is 0 Å². The molecule has 8 heteroatoms. The second-order valence-electron chi connectivity index (χ2n) is 8.73. The number of imidazole rings is 1. The van der Waals surface area contributed by atoms with E-state index in [0.717, 1.165) is 28.0 Å². The van der Waals surface area contributed by atoms with E-state index in [-0.39, 0.29) is 17.2 Å². The summed E-state index contributed by atoms with van der Waals surface area (Å²) < 4.78 is 8.14. The van der Waals surface area contributed by atoms with Gasteiger partial charge in [-0.2, -0.15) is 0 Å². The summed E-state index contributed by atoms with van der Waals surface area (Å²) in [7, 11) is 0. The number of aromatic nitrogens is 2. The second kappa shape index (κ2) is 9.69. The molecule has 178 valence electrons. The van der Waals surface area contributed by atoms with Crippen molar-refractivity contribution in [1.29, 1.82) is 0 Å². The molecule has 4 aromatic rings. The highest BCUT2D eigenvalue weighted by molar-refractivity contribution is 5.88. The van der Waals surface area contributed by atoms with Gasteiger partial charge in [0.2, 0.25) is 0 Å². The predicted molar refractivity (Wildman–Crippen MR) is 129 cm³/mol. The van der Waals surface area contributed by atoms with Gasteiger partial charge in [-0.1, -0.05) is 36.4 Å². The van der Waals surface area contributed by atoms with Crippen LogP contribution in [0.1, 0.15) is 43.7 Å². The Morgan fingerprint density at radius 2 is 1.46 bits per heavy atom. The summed E-state index contributed by atoms with van der Waals surface area (Å²) >= 11 is 0. The van der Waals surface area contributed by atoms with E-state index in [0.29, 0.717) is 32.8 Å². The van der Waals surface area contributed by atoms with Gasteiger partial charge in [0.15, 0.2) is 0 Å². The minimum Gasteiger partial charge on any atom is -0.478 e. The SMILES string of the molecule is O=C(O)c1ccc(CN(Cc2ccc(C(=O)O)cc2)C[C@H]2COCc3nc4ccccc4n32)cc1. The van der Waals surface area contributed by atoms with Gasteiger partial charge in [0.05, 0.1) is 34.8 Å². The molecule has 1 atom stereocenters. The molecule has 0 spiro atoms. The molecular formula is C27H25N3O5. The topological polar surface area (TPSA) is 105 Å². The fourth-order valence-corrected chi connectivity index (χ4v) is 4.60. The predicted octanol–water partition coefficient (Wildman–Crippen LogP) is 4.21. The van der Waals surface area contributed by atoms with Crippen LogP contribution in [0.4, 0.5) is 0 Å². The first-order chi connectivity index (χ1) is 17.0. The van der Waals surface area contributed by atoms with E-state index in [1.54, 1.807) is 24.3 Å². The van der Waals surface area contributed by atoms with Crippen LogP contribution < -0.4 is 0 Å². The van der Waals surface area contributed by atoms with Crippen molar-refractivity contribution >= 4 is 23.0 Å². The van der Waals surface area contributed by atoms with Crippen molar-refractivity contribution in [2.75, 3.05) is 13.2 Å². The van der Waals surface area contributed by atoms with E-state index < -0.39 is 11.9 Å². The van der Waals surface area contributed by atoms with E-state index in [9.17, 15) is 19.8 Å². The zero-order valence-corrected chi connectivity index (χ0v) is 19.0. The Kier molecular flexibility index (Phi) is 6.31. The second-order valence-corrected chi connectivity index (χ2v) is 8.73. The third-order valence-corrected chi connectivity index (χ3v) is 6.26. The molecule has 1 aliphatic rings. The third-order valence-electron chi connectivity index (χ3n) is 6.26. The van der Waals surface area contributed by atoms with Crippen molar-refractivity contribution in [3.05, 3.63) is 101 Å². The highest BCUT2D eigenvalue weighted by Gasteiger charge is 2.26. The number of hydrogen-bond donors (Lipinski definition) is 2. The van der Waals surface area contributed by atoms with E-state index in [2.05, 4.69) is 15.5 Å². The minimum atomic E-state index is -0.953. The lowest BCUT2D eigenvalue weighted by Crippen LogP contribution is -2.35. The molecule has 0 amide bonds. The fraction of sp³-hybridized carbons (Fsp3) is 0.222. The molecule has 1 aliphatic heterocycles. The van der Waals surface area contributed by atoms with Gasteiger partial charge in [-0.25, -0.2) is 14.6 Å². The Bertz CT molecular complexity index is 1300. The Balaban J connectivity index is 1.43. The summed E-state index contributed by atoms with van der Waals surface area (Å²) in [6, 6.07) is 21.9. The van der Waals surface area contributed by atoms with E-state index >= 15 is 0 Å². The number of carbonyl (C=O) groups is 2. The molecule has 0 unspecified atom stereocenters. The van der Waals surface area contributed by atoms with Gasteiger partial charge in [-0.3, -0.25) is 4.90 Å². The smallest absolute Gasteiger partial charge is 0.335 e. The first-order valence-corrected chi connectivity index (χ1v) is 11.4. The third kappa shape index (κ3) is 4.94. The van der Waals surface area contributed by atoms with Crippen LogP contribution in [0.5, 0.6) is 0 Å². The minimum absolute atomic E-state index is 0.0442. The summed E-state index contributed by atoms with van der Waals surface area (Å²) in [4.78, 5) is 29.5. The number of nitrogens with zero attached hydrogens (tertiary/aromatic N) is 3. The Hall–Kier alpha value is -4.01. The van der Waals surface area contributed by atoms with Crippen LogP contribution in [0.3, 0.4) is 0 Å². The number of carboxylic acid groups (broad SMARTS) is 2. The highest BCUT2D eigenvalue weighted by Crippen LogP contribution is 2.27. The molecule has 0 bridgehead atoms. The molecule has 0 radical (unpaired) electrons. The van der Waals surface area contributed by atoms with Crippen molar-refractivity contribution in [1.82, 2.24) is 14.5 Å². The number of carboxylic acids is 2. The van der Waals surface area contributed by atoms with Gasteiger partial charge < -0.3 is 19.5 Å². The molecule has 2 heterocycles. The Morgan fingerprint density at radius 1 is 0.886 bits per heavy atom. The summed E-state index contributed by atoms with van der Waals surface area (Å²) in [6.45, 7) is 2.89. The largest absolute Gasteiger partial charge is 0.478 e. The monoisotopic (exact) mass is 471 g/mol. The summed E-state index contributed by atoms with van der Waals surface area (Å²) in [5.41, 5.74) is 4.50. The quantitative estimate of drug-likeness (QED) is 0.397. The Labute approximate surface area is 202 Å². The highest BCUT2D eigenvalue weighted by atomic mass is 16.5. The maximum absolute atomic E-state index is 11.2. The standard InChI is InChI=1S/C27H25N3O5/c31-26(32)20-9-5-18(6-10-20)13-29(14-19-7-11-21(12-8-19)27(33)34)15-22-16-35-17-25-28-23-3-1-2-4-24(23)30(22)25/h1-12,22H,13-17H2,(H,31,32)(H,33,34)/t22-/m0/s1. The number of benzene rings is 3. The molecule has 0 saturated heterocycles. The van der Waals surface area contributed by atoms with Gasteiger partial charge in [0, 0.05) is 19.6 Å². The van der Waals surface area contributed by atoms with E-state index in [4.69, 9.17) is 9.72 Å². The molecule has 8 nitrogen and oxygen atoms in total. The molecule has 1 aromatic heterocycles. The number of hydrogen-bond acceptors (Lipinski definition) is 5. The van der Waals surface area contributed by atoms with Gasteiger partial charge in [-0.05, 0) is 47.5 Å². The average molecular weight is 472 g/mol. The fourth-order valence-electron chi connectivity index (χ4n) is 4.60. The lowest BCUT2D eigenvalue weighted by molar-refractivity contribution is 0.0402. The maximum atomic E-state index is 11.2. The van der Waals surface area contributed by atoms with Crippen molar-refractivity contribution in [2.24, 2.45) is 0 Å². The van der Waals surface area contributed by atoms with Crippen LogP contribution in [0.25, 0.3) is 11.0 Å². The number of fused-ring (bicyclic) bond motifs is 3. The summed E-state index contributed by atoms with van der Waals surface area (Å²) in [6.07, 6.45) is 0. The van der Waals surface area contributed by atoms with Crippen molar-refractivity contribution in [2.45, 2.75) is 25.7 Å². The molecular weight excluding hydrogens is 446 g/mol. The molecule has 0 fully saturated rings. The van der Waals surface area contributed by atoms with Crippen LogP contribution in [0.2, 0.25) is 0 Å². The van der Waals surface area contributed by atoms with Gasteiger partial charge in [-0.15, -0.1) is 0 Å². The first-order valence-electron chi connectivity index (χ1n) is 11.4. The molecule has 3 aromatic carbocycles. The maximum Gasteiger partial charge on any atom is 0.335 e. The lowest BCUT2D eigenvalue weighted by atomic mass is 10.1. The van der Waals surface area contributed by atoms with Crippen LogP contribution in [-0.4, -0.2) is 49.8 Å². The number of rotatable bonds is 8. The van der Waals surface area contributed by atoms with Crippen LogP contribution >= 0.6 is 0 Å². The zero-order valence-electron chi connectivity index (χ0n) is 19.0. The lowest BCUT2D eigenvalue weighted by Gasteiger charge is -2.32. The van der Waals surface area contributed by atoms with Crippen LogP contribution in [0.15, 0.2) is 72.8 Å². The zero-order chi connectivity index (χ0) is 24.4. The van der Waals surface area contributed by atoms with Crippen molar-refractivity contribution in [3.63, 3.8) is 0 Å². The van der Waals surface area contributed by atoms with Crippen LogP contribution in [-0.2, 0) is 24.4 Å². The van der Waals surface area contributed by atoms with Gasteiger partial charge >= 0.3 is 11.9 Å². The Morgan fingerprint density at radius 3 is 2.03 bits per heavy atom. The summed E-state index contributed by atoms with van der Waals surface area (Å²) in [5, 5.41) is 18.4. The van der Waals surface area contributed by atoms with Gasteiger partial charge in [0.25, 0.3) is 0 Å². The first kappa shape index (κ1) is 22.8. The molecule has 0 aliphatic carbocycles. The number of para-hydroxylation sites is 2. The molecule has 0 saturated carbocycles. The average Bonchev–Trinajstić information content (AvgIpc) is 3.24. The van der Waals surface area contributed by atoms with Gasteiger partial charge in [0.1, 0.15) is 12.4 Å². The number of ether oxygens (including phenoxy) is 1.